The number of rotatable bonds is 5. The minimum Gasteiger partial charge on any atom is -0.493 e. The molecule has 7 rings (SSSR count). The van der Waals surface area contributed by atoms with Crippen molar-refractivity contribution < 1.29 is 38.3 Å². The molecule has 2 N–H and O–H groups in total. The molecular formula is C33H42N2O8. The van der Waals surface area contributed by atoms with Gasteiger partial charge in [0.25, 0.3) is 0 Å². The highest BCUT2D eigenvalue weighted by Crippen LogP contribution is 2.60. The Bertz CT molecular complexity index is 1390. The standard InChI is InChI=1S/C33H42N2O8/c1-18-6-7-23-24(12-18)34-33-28-16-22-19(2)29(36)25(15-21(22)17-35(28)9-8-32(23,33)41-10-11-42-33)43-31(37)20-13-26(38-3)30(40-5)27(14-20)39-4/h6-7,12-14,19,21-22,25,28-29,34,36H,8-11,15-17H2,1-5H3/t19-,21+,22+,25+,28+,29+,32-,33-/m0/s1. The summed E-state index contributed by atoms with van der Waals surface area (Å²) in [6.45, 7) is 7.05. The van der Waals surface area contributed by atoms with Crippen LogP contribution < -0.4 is 19.5 Å². The first-order chi connectivity index (χ1) is 20.7. The molecule has 0 unspecified atom stereocenters. The third kappa shape index (κ3) is 4.17. The monoisotopic (exact) mass is 594 g/mol. The van der Waals surface area contributed by atoms with Gasteiger partial charge >= 0.3 is 5.97 Å². The molecule has 0 amide bonds. The van der Waals surface area contributed by atoms with Crippen LogP contribution in [-0.2, 0) is 19.8 Å². The molecule has 0 radical (unpaired) electrons. The first-order valence-corrected chi connectivity index (χ1v) is 15.4. The van der Waals surface area contributed by atoms with E-state index in [4.69, 9.17) is 28.4 Å². The molecule has 10 heteroatoms. The van der Waals surface area contributed by atoms with Crippen LogP contribution in [0.15, 0.2) is 30.3 Å². The lowest BCUT2D eigenvalue weighted by Gasteiger charge is -2.62. The molecule has 43 heavy (non-hydrogen) atoms. The van der Waals surface area contributed by atoms with Gasteiger partial charge < -0.3 is 38.8 Å². The summed E-state index contributed by atoms with van der Waals surface area (Å²) >= 11 is 0. The van der Waals surface area contributed by atoms with Crippen LogP contribution in [0.25, 0.3) is 0 Å². The van der Waals surface area contributed by atoms with E-state index in [1.54, 1.807) is 12.1 Å². The summed E-state index contributed by atoms with van der Waals surface area (Å²) in [4.78, 5) is 15.9. The average Bonchev–Trinajstić information content (AvgIpc) is 3.32. The number of carbonyl (C=O) groups excluding carboxylic acids is 1. The number of carbonyl (C=O) groups is 1. The molecule has 3 saturated heterocycles. The Hall–Kier alpha value is -3.05. The maximum atomic E-state index is 13.4. The van der Waals surface area contributed by atoms with Gasteiger partial charge in [-0.05, 0) is 67.7 Å². The normalized spacial score (nSPS) is 36.1. The number of hydrogen-bond donors (Lipinski definition) is 2. The number of nitrogens with zero attached hydrogens (tertiary/aromatic N) is 1. The van der Waals surface area contributed by atoms with E-state index in [0.29, 0.717) is 36.9 Å². The van der Waals surface area contributed by atoms with E-state index in [1.165, 1.54) is 32.5 Å². The van der Waals surface area contributed by atoms with Crippen LogP contribution >= 0.6 is 0 Å². The van der Waals surface area contributed by atoms with Crippen molar-refractivity contribution in [3.63, 3.8) is 0 Å². The highest BCUT2D eigenvalue weighted by Gasteiger charge is 2.70. The summed E-state index contributed by atoms with van der Waals surface area (Å²) in [6.07, 6.45) is 0.887. The van der Waals surface area contributed by atoms with Gasteiger partial charge in [0.2, 0.25) is 5.75 Å². The Morgan fingerprint density at radius 2 is 1.79 bits per heavy atom. The van der Waals surface area contributed by atoms with Gasteiger partial charge in [0, 0.05) is 24.3 Å². The molecule has 1 aliphatic carbocycles. The molecule has 4 heterocycles. The SMILES string of the molecule is COc1cc(C(=O)O[C@@H]2C[C@@H]3CN4CC[C@@]56OCCO[C@@]5(Nc5cc(C)ccc56)[C@H]4C[C@@H]3[C@H](C)[C@H]2O)cc(OC)c1OC. The van der Waals surface area contributed by atoms with Gasteiger partial charge in [0.1, 0.15) is 11.7 Å². The Labute approximate surface area is 252 Å². The molecule has 0 spiro atoms. The minimum absolute atomic E-state index is 0.0677. The number of anilines is 1. The second kappa shape index (κ2) is 10.5. The van der Waals surface area contributed by atoms with Crippen LogP contribution in [0.3, 0.4) is 0 Å². The summed E-state index contributed by atoms with van der Waals surface area (Å²) < 4.78 is 35.7. The molecular weight excluding hydrogens is 552 g/mol. The number of nitrogens with one attached hydrogen (secondary N) is 1. The number of esters is 1. The zero-order chi connectivity index (χ0) is 30.1. The molecule has 10 nitrogen and oxygen atoms in total. The molecule has 0 bridgehead atoms. The molecule has 0 aromatic heterocycles. The van der Waals surface area contributed by atoms with Crippen LogP contribution in [0.5, 0.6) is 17.2 Å². The van der Waals surface area contributed by atoms with Crippen molar-refractivity contribution in [3.8, 4) is 17.2 Å². The van der Waals surface area contributed by atoms with Crippen LogP contribution in [-0.4, -0.2) is 87.6 Å². The summed E-state index contributed by atoms with van der Waals surface area (Å²) in [5.41, 5.74) is 2.56. The van der Waals surface area contributed by atoms with E-state index in [1.807, 2.05) is 0 Å². The lowest BCUT2D eigenvalue weighted by Crippen LogP contribution is -2.75. The van der Waals surface area contributed by atoms with E-state index in [9.17, 15) is 9.90 Å². The quantitative estimate of drug-likeness (QED) is 0.498. The van der Waals surface area contributed by atoms with Crippen molar-refractivity contribution in [2.24, 2.45) is 17.8 Å². The molecule has 1 saturated carbocycles. The average molecular weight is 595 g/mol. The van der Waals surface area contributed by atoms with Crippen molar-refractivity contribution in [3.05, 3.63) is 47.0 Å². The van der Waals surface area contributed by atoms with Gasteiger partial charge in [-0.3, -0.25) is 4.90 Å². The third-order valence-electron chi connectivity index (χ3n) is 10.8. The van der Waals surface area contributed by atoms with E-state index >= 15 is 0 Å². The molecule has 2 aromatic rings. The van der Waals surface area contributed by atoms with E-state index in [2.05, 4.69) is 42.3 Å². The summed E-state index contributed by atoms with van der Waals surface area (Å²) in [5, 5.41) is 15.3. The fourth-order valence-electron chi connectivity index (χ4n) is 8.79. The lowest BCUT2D eigenvalue weighted by molar-refractivity contribution is -0.300. The van der Waals surface area contributed by atoms with Crippen molar-refractivity contribution in [2.75, 3.05) is 52.9 Å². The Kier molecular flexibility index (Phi) is 7.04. The van der Waals surface area contributed by atoms with Crippen molar-refractivity contribution in [1.29, 1.82) is 0 Å². The lowest BCUT2D eigenvalue weighted by atomic mass is 9.61. The van der Waals surface area contributed by atoms with Crippen molar-refractivity contribution >= 4 is 11.7 Å². The summed E-state index contributed by atoms with van der Waals surface area (Å²) in [7, 11) is 4.52. The predicted molar refractivity (Wildman–Crippen MR) is 158 cm³/mol. The molecule has 232 valence electrons. The summed E-state index contributed by atoms with van der Waals surface area (Å²) in [5.74, 6) is 1.07. The van der Waals surface area contributed by atoms with Gasteiger partial charge in [-0.1, -0.05) is 19.1 Å². The van der Waals surface area contributed by atoms with Gasteiger partial charge in [-0.25, -0.2) is 4.79 Å². The van der Waals surface area contributed by atoms with Crippen molar-refractivity contribution in [2.45, 2.75) is 62.7 Å². The van der Waals surface area contributed by atoms with Gasteiger partial charge in [0.05, 0.1) is 52.3 Å². The van der Waals surface area contributed by atoms with Gasteiger partial charge in [0.15, 0.2) is 17.2 Å². The minimum atomic E-state index is -0.787. The number of hydrogen-bond acceptors (Lipinski definition) is 10. The number of methoxy groups -OCH3 is 3. The third-order valence-corrected chi connectivity index (χ3v) is 10.8. The number of fused-ring (bicyclic) bond motifs is 3. The number of aliphatic hydroxyl groups excluding tert-OH is 1. The Balaban J connectivity index is 1.13. The second-order valence-corrected chi connectivity index (χ2v) is 12.8. The number of aryl methyl sites for hydroxylation is 1. The van der Waals surface area contributed by atoms with E-state index < -0.39 is 29.5 Å². The summed E-state index contributed by atoms with van der Waals surface area (Å²) in [6, 6.07) is 9.81. The first kappa shape index (κ1) is 28.7. The molecule has 2 aromatic carbocycles. The topological polar surface area (TPSA) is 108 Å². The smallest absolute Gasteiger partial charge is 0.338 e. The number of ether oxygens (including phenoxy) is 6. The first-order valence-electron chi connectivity index (χ1n) is 15.4. The number of piperidine rings is 2. The highest BCUT2D eigenvalue weighted by atomic mass is 16.6. The number of benzene rings is 2. The molecule has 4 aliphatic heterocycles. The zero-order valence-electron chi connectivity index (χ0n) is 25.6. The van der Waals surface area contributed by atoms with Crippen LogP contribution in [0.1, 0.15) is 47.7 Å². The van der Waals surface area contributed by atoms with Crippen molar-refractivity contribution in [1.82, 2.24) is 4.90 Å². The van der Waals surface area contributed by atoms with Gasteiger partial charge in [-0.2, -0.15) is 0 Å². The van der Waals surface area contributed by atoms with E-state index in [-0.39, 0.29) is 29.4 Å². The maximum Gasteiger partial charge on any atom is 0.338 e. The van der Waals surface area contributed by atoms with Crippen LogP contribution in [0.4, 0.5) is 5.69 Å². The van der Waals surface area contributed by atoms with Gasteiger partial charge in [-0.15, -0.1) is 0 Å². The maximum absolute atomic E-state index is 13.4. The highest BCUT2D eigenvalue weighted by molar-refractivity contribution is 5.91. The Morgan fingerprint density at radius 1 is 1.05 bits per heavy atom. The predicted octanol–water partition coefficient (Wildman–Crippen LogP) is 3.72. The fraction of sp³-hybridized carbons (Fsp3) is 0.606. The van der Waals surface area contributed by atoms with Crippen LogP contribution in [0, 0.1) is 24.7 Å². The zero-order valence-corrected chi connectivity index (χ0v) is 25.6. The van der Waals surface area contributed by atoms with E-state index in [0.717, 1.165) is 31.6 Å². The number of aliphatic hydroxyl groups is 1. The molecule has 4 fully saturated rings. The molecule has 5 aliphatic rings. The fourth-order valence-corrected chi connectivity index (χ4v) is 8.79. The van der Waals surface area contributed by atoms with Crippen LogP contribution in [0.2, 0.25) is 0 Å². The largest absolute Gasteiger partial charge is 0.493 e. The molecule has 8 atom stereocenters. The second-order valence-electron chi connectivity index (χ2n) is 12.8. The Morgan fingerprint density at radius 3 is 2.51 bits per heavy atom.